The first-order chi connectivity index (χ1) is 13.5. The summed E-state index contributed by atoms with van der Waals surface area (Å²) in [6.45, 7) is 4.36. The van der Waals surface area contributed by atoms with Crippen LogP contribution in [-0.2, 0) is 4.79 Å². The SMILES string of the molecule is CC(=O)c1ccc(N2CCN([C@H](C(=O)O)c3c[nH]c4ccccc34)CC2)cc1. The number of para-hydroxylation sites is 1. The Morgan fingerprint density at radius 3 is 2.32 bits per heavy atom. The van der Waals surface area contributed by atoms with Crippen LogP contribution in [0.4, 0.5) is 5.69 Å². The molecule has 4 rings (SSSR count). The molecule has 0 spiro atoms. The van der Waals surface area contributed by atoms with Crippen LogP contribution < -0.4 is 4.90 Å². The van der Waals surface area contributed by atoms with Gasteiger partial charge in [-0.3, -0.25) is 14.5 Å². The van der Waals surface area contributed by atoms with E-state index in [0.717, 1.165) is 35.2 Å². The summed E-state index contributed by atoms with van der Waals surface area (Å²) in [5.74, 6) is -0.775. The lowest BCUT2D eigenvalue weighted by Crippen LogP contribution is -2.49. The summed E-state index contributed by atoms with van der Waals surface area (Å²) in [5.41, 5.74) is 3.52. The Hall–Kier alpha value is -3.12. The number of rotatable bonds is 5. The van der Waals surface area contributed by atoms with Crippen LogP contribution in [0.3, 0.4) is 0 Å². The van der Waals surface area contributed by atoms with Crippen LogP contribution in [0.1, 0.15) is 28.9 Å². The van der Waals surface area contributed by atoms with E-state index in [4.69, 9.17) is 0 Å². The molecule has 1 aromatic heterocycles. The summed E-state index contributed by atoms with van der Waals surface area (Å²) >= 11 is 0. The number of carboxylic acids is 1. The van der Waals surface area contributed by atoms with Gasteiger partial charge < -0.3 is 15.0 Å². The molecule has 0 saturated carbocycles. The number of fused-ring (bicyclic) bond motifs is 1. The number of H-pyrrole nitrogens is 1. The molecular weight excluding hydrogens is 354 g/mol. The van der Waals surface area contributed by atoms with Crippen molar-refractivity contribution in [1.29, 1.82) is 0 Å². The van der Waals surface area contributed by atoms with Gasteiger partial charge in [-0.25, -0.2) is 0 Å². The minimum atomic E-state index is -0.830. The molecule has 3 aromatic rings. The number of carbonyl (C=O) groups excluding carboxylic acids is 1. The van der Waals surface area contributed by atoms with Crippen LogP contribution in [0.2, 0.25) is 0 Å². The van der Waals surface area contributed by atoms with Crippen molar-refractivity contribution in [2.24, 2.45) is 0 Å². The van der Waals surface area contributed by atoms with Gasteiger partial charge in [-0.15, -0.1) is 0 Å². The number of carboxylic acid groups (broad SMARTS) is 1. The predicted octanol–water partition coefficient (Wildman–Crippen LogP) is 3.32. The predicted molar refractivity (Wildman–Crippen MR) is 109 cm³/mol. The molecule has 28 heavy (non-hydrogen) atoms. The molecule has 0 bridgehead atoms. The number of Topliss-reactive ketones (excluding diaryl/α,β-unsaturated/α-hetero) is 1. The highest BCUT2D eigenvalue weighted by Gasteiger charge is 2.32. The molecule has 1 aliphatic heterocycles. The van der Waals surface area contributed by atoms with Crippen molar-refractivity contribution in [1.82, 2.24) is 9.88 Å². The number of nitrogens with zero attached hydrogens (tertiary/aromatic N) is 2. The topological polar surface area (TPSA) is 76.6 Å². The first kappa shape index (κ1) is 18.3. The number of hydrogen-bond donors (Lipinski definition) is 2. The van der Waals surface area contributed by atoms with E-state index in [2.05, 4.69) is 9.88 Å². The minimum absolute atomic E-state index is 0.0550. The van der Waals surface area contributed by atoms with Gasteiger partial charge in [-0.1, -0.05) is 18.2 Å². The zero-order valence-electron chi connectivity index (χ0n) is 15.8. The van der Waals surface area contributed by atoms with Gasteiger partial charge in [0.25, 0.3) is 0 Å². The zero-order chi connectivity index (χ0) is 19.7. The van der Waals surface area contributed by atoms with Gasteiger partial charge in [0.05, 0.1) is 0 Å². The third-order valence-corrected chi connectivity index (χ3v) is 5.47. The lowest BCUT2D eigenvalue weighted by molar-refractivity contribution is -0.143. The molecule has 6 nitrogen and oxygen atoms in total. The maximum atomic E-state index is 12.1. The number of aromatic amines is 1. The molecule has 1 saturated heterocycles. The number of carbonyl (C=O) groups is 2. The van der Waals surface area contributed by atoms with Crippen molar-refractivity contribution in [3.8, 4) is 0 Å². The molecule has 1 atom stereocenters. The fourth-order valence-electron chi connectivity index (χ4n) is 3.95. The molecule has 0 amide bonds. The van der Waals surface area contributed by atoms with Crippen molar-refractivity contribution in [2.75, 3.05) is 31.1 Å². The highest BCUT2D eigenvalue weighted by Crippen LogP contribution is 2.30. The number of piperazine rings is 1. The Labute approximate surface area is 163 Å². The maximum Gasteiger partial charge on any atom is 0.325 e. The summed E-state index contributed by atoms with van der Waals surface area (Å²) in [4.78, 5) is 31.0. The zero-order valence-corrected chi connectivity index (χ0v) is 15.8. The summed E-state index contributed by atoms with van der Waals surface area (Å²) in [5, 5.41) is 10.9. The first-order valence-electron chi connectivity index (χ1n) is 9.43. The van der Waals surface area contributed by atoms with Crippen LogP contribution in [0, 0.1) is 0 Å². The lowest BCUT2D eigenvalue weighted by atomic mass is 10.0. The Morgan fingerprint density at radius 1 is 1.00 bits per heavy atom. The number of aromatic nitrogens is 1. The smallest absolute Gasteiger partial charge is 0.325 e. The van der Waals surface area contributed by atoms with Gasteiger partial charge in [0.1, 0.15) is 6.04 Å². The van der Waals surface area contributed by atoms with Crippen molar-refractivity contribution >= 4 is 28.3 Å². The Morgan fingerprint density at radius 2 is 1.68 bits per heavy atom. The molecule has 0 radical (unpaired) electrons. The van der Waals surface area contributed by atoms with E-state index < -0.39 is 12.0 Å². The van der Waals surface area contributed by atoms with Crippen LogP contribution in [0.25, 0.3) is 10.9 Å². The van der Waals surface area contributed by atoms with Gasteiger partial charge in [-0.2, -0.15) is 0 Å². The molecule has 2 heterocycles. The Bertz CT molecular complexity index is 1000. The molecule has 0 unspecified atom stereocenters. The molecule has 1 aliphatic rings. The molecule has 144 valence electrons. The van der Waals surface area contributed by atoms with Gasteiger partial charge in [0.2, 0.25) is 0 Å². The van der Waals surface area contributed by atoms with E-state index in [1.165, 1.54) is 0 Å². The Balaban J connectivity index is 1.51. The van der Waals surface area contributed by atoms with Crippen molar-refractivity contribution in [3.05, 3.63) is 65.9 Å². The van der Waals surface area contributed by atoms with Crippen molar-refractivity contribution < 1.29 is 14.7 Å². The average Bonchev–Trinajstić information content (AvgIpc) is 3.12. The fraction of sp³-hybridized carbons (Fsp3) is 0.273. The third-order valence-electron chi connectivity index (χ3n) is 5.47. The van der Waals surface area contributed by atoms with Crippen molar-refractivity contribution in [3.63, 3.8) is 0 Å². The van der Waals surface area contributed by atoms with E-state index in [0.29, 0.717) is 18.7 Å². The van der Waals surface area contributed by atoms with E-state index in [1.807, 2.05) is 59.6 Å². The van der Waals surface area contributed by atoms with E-state index in [1.54, 1.807) is 6.92 Å². The molecule has 2 N–H and O–H groups in total. The largest absolute Gasteiger partial charge is 0.480 e. The van der Waals surface area contributed by atoms with Crippen LogP contribution in [0.15, 0.2) is 54.7 Å². The third kappa shape index (κ3) is 3.39. The number of anilines is 1. The highest BCUT2D eigenvalue weighted by molar-refractivity contribution is 5.94. The molecule has 2 aromatic carbocycles. The second-order valence-corrected chi connectivity index (χ2v) is 7.16. The lowest BCUT2D eigenvalue weighted by Gasteiger charge is -2.38. The number of aliphatic carboxylic acids is 1. The van der Waals surface area contributed by atoms with Gasteiger partial charge in [-0.05, 0) is 37.3 Å². The average molecular weight is 377 g/mol. The number of benzene rings is 2. The van der Waals surface area contributed by atoms with Gasteiger partial charge in [0.15, 0.2) is 5.78 Å². The normalized spacial score (nSPS) is 16.2. The summed E-state index contributed by atoms with van der Waals surface area (Å²) < 4.78 is 0. The number of nitrogens with one attached hydrogen (secondary N) is 1. The second-order valence-electron chi connectivity index (χ2n) is 7.16. The fourth-order valence-corrected chi connectivity index (χ4v) is 3.95. The molecule has 1 fully saturated rings. The standard InChI is InChI=1S/C22H23N3O3/c1-15(26)16-6-8-17(9-7-16)24-10-12-25(13-11-24)21(22(27)28)19-14-23-20-5-3-2-4-18(19)20/h2-9,14,21,23H,10-13H2,1H3,(H,27,28)/t21-/m0/s1. The van der Waals surface area contributed by atoms with Crippen molar-refractivity contribution in [2.45, 2.75) is 13.0 Å². The maximum absolute atomic E-state index is 12.1. The van der Waals surface area contributed by atoms with E-state index in [-0.39, 0.29) is 5.78 Å². The Kier molecular flexibility index (Phi) is 4.88. The van der Waals surface area contributed by atoms with Gasteiger partial charge in [0, 0.05) is 60.1 Å². The van der Waals surface area contributed by atoms with Crippen LogP contribution in [-0.4, -0.2) is 52.9 Å². The quantitative estimate of drug-likeness (QED) is 0.667. The molecular formula is C22H23N3O3. The summed E-state index contributed by atoms with van der Waals surface area (Å²) in [7, 11) is 0. The monoisotopic (exact) mass is 377 g/mol. The van der Waals surface area contributed by atoms with E-state index in [9.17, 15) is 14.7 Å². The first-order valence-corrected chi connectivity index (χ1v) is 9.43. The van der Waals surface area contributed by atoms with Gasteiger partial charge >= 0.3 is 5.97 Å². The number of hydrogen-bond acceptors (Lipinski definition) is 4. The summed E-state index contributed by atoms with van der Waals surface area (Å²) in [6, 6.07) is 14.7. The molecule has 0 aliphatic carbocycles. The highest BCUT2D eigenvalue weighted by atomic mass is 16.4. The summed E-state index contributed by atoms with van der Waals surface area (Å²) in [6.07, 6.45) is 1.82. The number of ketones is 1. The second kappa shape index (κ2) is 7.48. The minimum Gasteiger partial charge on any atom is -0.480 e. The van der Waals surface area contributed by atoms with Crippen LogP contribution in [0.5, 0.6) is 0 Å². The molecule has 6 heteroatoms. The van der Waals surface area contributed by atoms with E-state index >= 15 is 0 Å². The van der Waals surface area contributed by atoms with Crippen LogP contribution >= 0.6 is 0 Å².